The highest BCUT2D eigenvalue weighted by atomic mass is 16.2. The molecule has 2 amide bonds. The van der Waals surface area contributed by atoms with Crippen molar-refractivity contribution in [1.82, 2.24) is 20.2 Å². The number of hydrogen-bond acceptors (Lipinski definition) is 5. The molecule has 4 rings (SSSR count). The first-order chi connectivity index (χ1) is 11.6. The Kier molecular flexibility index (Phi) is 3.51. The summed E-state index contributed by atoms with van der Waals surface area (Å²) in [7, 11) is 1.65. The average molecular weight is 326 g/mol. The number of amides is 2. The van der Waals surface area contributed by atoms with E-state index >= 15 is 0 Å². The summed E-state index contributed by atoms with van der Waals surface area (Å²) in [4.78, 5) is 28.4. The van der Waals surface area contributed by atoms with Gasteiger partial charge in [0.05, 0.1) is 0 Å². The highest BCUT2D eigenvalue weighted by Crippen LogP contribution is 2.34. The molecule has 2 aliphatic rings. The van der Waals surface area contributed by atoms with Crippen molar-refractivity contribution < 1.29 is 9.59 Å². The average Bonchev–Trinajstić information content (AvgIpc) is 3.20. The monoisotopic (exact) mass is 326 g/mol. The first-order valence-corrected chi connectivity index (χ1v) is 8.12. The van der Waals surface area contributed by atoms with Gasteiger partial charge in [-0.05, 0) is 47.4 Å². The van der Waals surface area contributed by atoms with Crippen LogP contribution >= 0.6 is 0 Å². The predicted molar refractivity (Wildman–Crippen MR) is 86.8 cm³/mol. The number of piperidine rings is 1. The zero-order valence-electron chi connectivity index (χ0n) is 13.5. The van der Waals surface area contributed by atoms with Gasteiger partial charge in [-0.2, -0.15) is 0 Å². The minimum Gasteiger partial charge on any atom is -0.312 e. The molecule has 0 unspecified atom stereocenters. The number of benzene rings is 1. The molecule has 8 nitrogen and oxygen atoms in total. The predicted octanol–water partition coefficient (Wildman–Crippen LogP) is 0.930. The fraction of sp³-hybridized carbons (Fsp3) is 0.438. The lowest BCUT2D eigenvalue weighted by atomic mass is 10.1. The van der Waals surface area contributed by atoms with Gasteiger partial charge in [0.15, 0.2) is 0 Å². The summed E-state index contributed by atoms with van der Waals surface area (Å²) in [5.41, 5.74) is 2.81. The number of tetrazole rings is 1. The van der Waals surface area contributed by atoms with Gasteiger partial charge in [0.1, 0.15) is 0 Å². The third-order valence-corrected chi connectivity index (χ3v) is 4.66. The Balaban J connectivity index is 1.67. The van der Waals surface area contributed by atoms with Crippen LogP contribution < -0.4 is 9.80 Å². The maximum atomic E-state index is 12.7. The molecule has 0 bridgehead atoms. The highest BCUT2D eigenvalue weighted by Gasteiger charge is 2.30. The highest BCUT2D eigenvalue weighted by molar-refractivity contribution is 6.05. The second-order valence-corrected chi connectivity index (χ2v) is 6.15. The van der Waals surface area contributed by atoms with E-state index in [1.807, 2.05) is 23.1 Å². The van der Waals surface area contributed by atoms with Crippen molar-refractivity contribution in [3.63, 3.8) is 0 Å². The number of hydrogen-bond donors (Lipinski definition) is 0. The molecule has 3 heterocycles. The van der Waals surface area contributed by atoms with Crippen molar-refractivity contribution >= 4 is 23.2 Å². The van der Waals surface area contributed by atoms with E-state index in [0.717, 1.165) is 42.7 Å². The van der Waals surface area contributed by atoms with Gasteiger partial charge in [0.2, 0.25) is 11.7 Å². The minimum absolute atomic E-state index is 0.148. The topological polar surface area (TPSA) is 84.2 Å². The van der Waals surface area contributed by atoms with Gasteiger partial charge in [-0.1, -0.05) is 6.07 Å². The fourth-order valence-electron chi connectivity index (χ4n) is 3.36. The smallest absolute Gasteiger partial charge is 0.297 e. The number of nitrogens with zero attached hydrogens (tertiary/aromatic N) is 6. The van der Waals surface area contributed by atoms with E-state index in [0.29, 0.717) is 13.0 Å². The minimum atomic E-state index is -0.219. The van der Waals surface area contributed by atoms with Gasteiger partial charge >= 0.3 is 0 Å². The van der Waals surface area contributed by atoms with Crippen LogP contribution in [0.3, 0.4) is 0 Å². The van der Waals surface area contributed by atoms with Crippen LogP contribution in [0.4, 0.5) is 11.4 Å². The lowest BCUT2D eigenvalue weighted by Gasteiger charge is -2.27. The number of aryl methyl sites for hydroxylation is 1. The van der Waals surface area contributed by atoms with E-state index in [1.165, 1.54) is 4.68 Å². The number of carbonyl (C=O) groups excluding carboxylic acids is 2. The number of carbonyl (C=O) groups is 2. The summed E-state index contributed by atoms with van der Waals surface area (Å²) in [6, 6.07) is 5.92. The molecule has 124 valence electrons. The van der Waals surface area contributed by atoms with Crippen molar-refractivity contribution in [2.24, 2.45) is 7.05 Å². The van der Waals surface area contributed by atoms with Gasteiger partial charge in [0.25, 0.3) is 5.91 Å². The Labute approximate surface area is 139 Å². The summed E-state index contributed by atoms with van der Waals surface area (Å²) in [5.74, 6) is 0.139. The molecule has 0 saturated carbocycles. The molecular formula is C16H18N6O2. The normalized spacial score (nSPS) is 17.3. The Morgan fingerprint density at radius 2 is 2.04 bits per heavy atom. The largest absolute Gasteiger partial charge is 0.312 e. The van der Waals surface area contributed by atoms with E-state index in [9.17, 15) is 9.59 Å². The number of fused-ring (bicyclic) bond motifs is 1. The van der Waals surface area contributed by atoms with Crippen molar-refractivity contribution in [2.45, 2.75) is 25.7 Å². The Morgan fingerprint density at radius 1 is 1.17 bits per heavy atom. The second-order valence-electron chi connectivity index (χ2n) is 6.15. The third kappa shape index (κ3) is 2.34. The van der Waals surface area contributed by atoms with Crippen molar-refractivity contribution in [3.8, 4) is 0 Å². The van der Waals surface area contributed by atoms with Gasteiger partial charge in [0, 0.05) is 37.9 Å². The summed E-state index contributed by atoms with van der Waals surface area (Å²) in [6.45, 7) is 1.33. The Morgan fingerprint density at radius 3 is 2.79 bits per heavy atom. The van der Waals surface area contributed by atoms with E-state index in [2.05, 4.69) is 15.5 Å². The van der Waals surface area contributed by atoms with Crippen LogP contribution in [0, 0.1) is 0 Å². The third-order valence-electron chi connectivity index (χ3n) is 4.66. The molecule has 0 radical (unpaired) electrons. The van der Waals surface area contributed by atoms with Crippen molar-refractivity contribution in [3.05, 3.63) is 29.6 Å². The molecule has 1 aromatic heterocycles. The standard InChI is InChI=1S/C16H18N6O2/c1-20-15(17-18-19-20)16(24)22-9-7-11-5-6-12(10-13(11)22)21-8-3-2-4-14(21)23/h5-6,10H,2-4,7-9H2,1H3. The first kappa shape index (κ1) is 14.8. The van der Waals surface area contributed by atoms with E-state index in [1.54, 1.807) is 11.9 Å². The Hall–Kier alpha value is -2.77. The first-order valence-electron chi connectivity index (χ1n) is 8.12. The molecule has 0 spiro atoms. The summed E-state index contributed by atoms with van der Waals surface area (Å²) >= 11 is 0. The van der Waals surface area contributed by atoms with Gasteiger partial charge < -0.3 is 9.80 Å². The molecule has 2 aromatic rings. The zero-order valence-corrected chi connectivity index (χ0v) is 13.5. The van der Waals surface area contributed by atoms with Crippen molar-refractivity contribution in [2.75, 3.05) is 22.9 Å². The molecule has 1 saturated heterocycles. The van der Waals surface area contributed by atoms with Crippen LogP contribution in [0.25, 0.3) is 0 Å². The van der Waals surface area contributed by atoms with Gasteiger partial charge in [-0.15, -0.1) is 5.10 Å². The van der Waals surface area contributed by atoms with Crippen LogP contribution in [0.1, 0.15) is 35.4 Å². The van der Waals surface area contributed by atoms with Crippen LogP contribution in [-0.4, -0.2) is 45.1 Å². The van der Waals surface area contributed by atoms with Crippen LogP contribution in [0.2, 0.25) is 0 Å². The van der Waals surface area contributed by atoms with Gasteiger partial charge in [-0.25, -0.2) is 4.68 Å². The SMILES string of the molecule is Cn1nnnc1C(=O)N1CCc2ccc(N3CCCCC3=O)cc21. The summed E-state index contributed by atoms with van der Waals surface area (Å²) in [5, 5.41) is 11.1. The Bertz CT molecular complexity index is 815. The lowest BCUT2D eigenvalue weighted by Crippen LogP contribution is -2.35. The van der Waals surface area contributed by atoms with E-state index in [-0.39, 0.29) is 17.6 Å². The molecular weight excluding hydrogens is 308 g/mol. The van der Waals surface area contributed by atoms with Crippen molar-refractivity contribution in [1.29, 1.82) is 0 Å². The zero-order chi connectivity index (χ0) is 16.7. The quantitative estimate of drug-likeness (QED) is 0.820. The molecule has 0 aliphatic carbocycles. The molecule has 0 atom stereocenters. The van der Waals surface area contributed by atoms with E-state index < -0.39 is 0 Å². The number of aromatic nitrogens is 4. The molecule has 2 aliphatic heterocycles. The summed E-state index contributed by atoms with van der Waals surface area (Å²) < 4.78 is 1.37. The van der Waals surface area contributed by atoms with Crippen LogP contribution in [-0.2, 0) is 18.3 Å². The van der Waals surface area contributed by atoms with Gasteiger partial charge in [-0.3, -0.25) is 9.59 Å². The van der Waals surface area contributed by atoms with Crippen LogP contribution in [0.5, 0.6) is 0 Å². The molecule has 1 fully saturated rings. The lowest BCUT2D eigenvalue weighted by molar-refractivity contribution is -0.119. The molecule has 0 N–H and O–H groups in total. The maximum absolute atomic E-state index is 12.7. The van der Waals surface area contributed by atoms with E-state index in [4.69, 9.17) is 0 Å². The number of rotatable bonds is 2. The summed E-state index contributed by atoms with van der Waals surface area (Å²) in [6.07, 6.45) is 3.34. The fourth-order valence-corrected chi connectivity index (χ4v) is 3.36. The van der Waals surface area contributed by atoms with Crippen LogP contribution in [0.15, 0.2) is 18.2 Å². The number of anilines is 2. The molecule has 1 aromatic carbocycles. The molecule has 24 heavy (non-hydrogen) atoms. The second kappa shape index (κ2) is 5.70. The maximum Gasteiger partial charge on any atom is 0.297 e. The molecule has 8 heteroatoms.